The summed E-state index contributed by atoms with van der Waals surface area (Å²) in [5, 5.41) is 2.69. The number of benzene rings is 2. The first-order chi connectivity index (χ1) is 15.9. The summed E-state index contributed by atoms with van der Waals surface area (Å²) in [6, 6.07) is 21.6. The van der Waals surface area contributed by atoms with E-state index in [0.717, 1.165) is 6.42 Å². The molecule has 0 N–H and O–H groups in total. The van der Waals surface area contributed by atoms with E-state index in [-0.39, 0.29) is 30.2 Å². The van der Waals surface area contributed by atoms with Crippen LogP contribution in [0.2, 0.25) is 13.1 Å². The van der Waals surface area contributed by atoms with Gasteiger partial charge >= 0.3 is 41.9 Å². The van der Waals surface area contributed by atoms with Crippen LogP contribution < -0.4 is 0 Å². The normalized spacial score (nSPS) is 14.1. The van der Waals surface area contributed by atoms with Gasteiger partial charge in [0.1, 0.15) is 0 Å². The maximum absolute atomic E-state index is 3.63. The third-order valence-corrected chi connectivity index (χ3v) is 6.00. The third kappa shape index (κ3) is 9.88. The van der Waals surface area contributed by atoms with E-state index >= 15 is 0 Å². The Hall–Kier alpha value is -0.790. The first-order valence-corrected chi connectivity index (χ1v) is 18.6. The molecule has 1 aliphatic rings. The first-order valence-electron chi connectivity index (χ1n) is 12.4. The van der Waals surface area contributed by atoms with Crippen molar-refractivity contribution < 1.29 is 23.3 Å². The van der Waals surface area contributed by atoms with Gasteiger partial charge in [0.2, 0.25) is 0 Å². The van der Waals surface area contributed by atoms with Crippen molar-refractivity contribution >= 4 is 41.0 Å². The van der Waals surface area contributed by atoms with Crippen LogP contribution in [0, 0.1) is 18.9 Å². The SMILES string of the molecule is CCC1=[C-]C(CC)C(CC)=C1CC.C[Si](C)=[Zr+2].Cc1cc2c(-c3ccccc3)cccc2[cH-]1.Cl.Cl. The molecule has 1 atom stereocenters. The van der Waals surface area contributed by atoms with Crippen LogP contribution in [0.5, 0.6) is 0 Å². The third-order valence-electron chi connectivity index (χ3n) is 6.00. The fourth-order valence-corrected chi connectivity index (χ4v) is 4.61. The summed E-state index contributed by atoms with van der Waals surface area (Å²) in [6.07, 6.45) is 8.41. The van der Waals surface area contributed by atoms with Crippen molar-refractivity contribution in [3.05, 3.63) is 89.0 Å². The molecule has 4 rings (SSSR count). The summed E-state index contributed by atoms with van der Waals surface area (Å²) < 4.78 is 0. The molecule has 3 aromatic rings. The van der Waals surface area contributed by atoms with Crippen LogP contribution in [-0.2, 0) is 23.3 Å². The van der Waals surface area contributed by atoms with Gasteiger partial charge in [0, 0.05) is 0 Å². The van der Waals surface area contributed by atoms with Gasteiger partial charge in [0.15, 0.2) is 0 Å². The van der Waals surface area contributed by atoms with Crippen LogP contribution in [0.15, 0.2) is 77.4 Å². The second kappa shape index (κ2) is 17.6. The van der Waals surface area contributed by atoms with Crippen molar-refractivity contribution in [1.29, 1.82) is 0 Å². The monoisotopic (exact) mass is 602 g/mol. The van der Waals surface area contributed by atoms with Gasteiger partial charge in [0.05, 0.1) is 0 Å². The smallest absolute Gasteiger partial charge is 0.0279 e. The average Bonchev–Trinajstić information content (AvgIpc) is 3.37. The van der Waals surface area contributed by atoms with Crippen molar-refractivity contribution in [3.8, 4) is 11.1 Å². The van der Waals surface area contributed by atoms with E-state index in [4.69, 9.17) is 0 Å². The van der Waals surface area contributed by atoms with Gasteiger partial charge in [0.25, 0.3) is 0 Å². The van der Waals surface area contributed by atoms with Crippen LogP contribution >= 0.6 is 24.8 Å². The predicted octanol–water partition coefficient (Wildman–Crippen LogP) is 10.4. The topological polar surface area (TPSA) is 0 Å². The molecule has 0 saturated heterocycles. The number of allylic oxidation sites excluding steroid dienone is 4. The Balaban J connectivity index is 0.000000556. The molecule has 1 unspecified atom stereocenters. The molecule has 35 heavy (non-hydrogen) atoms. The molecule has 0 saturated carbocycles. The van der Waals surface area contributed by atoms with Crippen molar-refractivity contribution in [1.82, 2.24) is 0 Å². The number of hydrogen-bond donors (Lipinski definition) is 0. The van der Waals surface area contributed by atoms with Crippen LogP contribution in [0.25, 0.3) is 21.9 Å². The minimum atomic E-state index is 0. The summed E-state index contributed by atoms with van der Waals surface area (Å²) in [4.78, 5) is 0. The summed E-state index contributed by atoms with van der Waals surface area (Å²) >= 11 is 1.74. The molecule has 0 amide bonds. The van der Waals surface area contributed by atoms with Crippen molar-refractivity contribution in [2.45, 2.75) is 73.4 Å². The molecule has 0 fully saturated rings. The Morgan fingerprint density at radius 3 is 2.03 bits per heavy atom. The zero-order chi connectivity index (χ0) is 24.4. The Kier molecular flexibility index (Phi) is 17.2. The van der Waals surface area contributed by atoms with Gasteiger partial charge in [-0.05, 0) is 5.56 Å². The Morgan fingerprint density at radius 1 is 0.886 bits per heavy atom. The zero-order valence-corrected chi connectivity index (χ0v) is 27.6. The quantitative estimate of drug-likeness (QED) is 0.201. The standard InChI is InChI=1S/C16H13.C13H21.C2H6Si.2ClH.Zr/c1-12-10-14-8-5-9-15(16(14)11-12)13-6-3-2-4-7-13;1-5-10-9-11(6-2)13(8-4)12(10)7-3;1-3-2;;;/h2-11H,1H3;10H,5-8H2,1-4H3;1-2H3;2*1H;/q2*-1;;;;+2. The van der Waals surface area contributed by atoms with Gasteiger partial charge in [-0.3, -0.25) is 6.08 Å². The molecule has 0 bridgehead atoms. The average molecular weight is 605 g/mol. The first kappa shape index (κ1) is 34.2. The molecular weight excluding hydrogens is 563 g/mol. The fraction of sp³-hybridized carbons (Fsp3) is 0.387. The van der Waals surface area contributed by atoms with Crippen molar-refractivity contribution in [3.63, 3.8) is 0 Å². The van der Waals surface area contributed by atoms with Gasteiger partial charge in [-0.1, -0.05) is 108 Å². The van der Waals surface area contributed by atoms with Crippen molar-refractivity contribution in [2.24, 2.45) is 5.92 Å². The van der Waals surface area contributed by atoms with Crippen LogP contribution in [0.1, 0.15) is 58.9 Å². The number of rotatable bonds is 5. The molecule has 0 nitrogen and oxygen atoms in total. The van der Waals surface area contributed by atoms with E-state index in [1.54, 1.807) is 34.5 Å². The molecule has 0 radical (unpaired) electrons. The Morgan fingerprint density at radius 2 is 1.51 bits per heavy atom. The van der Waals surface area contributed by atoms with Crippen molar-refractivity contribution in [2.75, 3.05) is 0 Å². The van der Waals surface area contributed by atoms with E-state index in [0.29, 0.717) is 5.92 Å². The van der Waals surface area contributed by atoms with Gasteiger partial charge < -0.3 is 0 Å². The number of fused-ring (bicyclic) bond motifs is 1. The minimum absolute atomic E-state index is 0. The number of aryl methyl sites for hydroxylation is 1. The van der Waals surface area contributed by atoms with Gasteiger partial charge in [-0.25, -0.2) is 5.57 Å². The summed E-state index contributed by atoms with van der Waals surface area (Å²) in [5.41, 5.74) is 8.91. The molecule has 1 aliphatic carbocycles. The summed E-state index contributed by atoms with van der Waals surface area (Å²) in [5.74, 6) is 0.634. The Bertz CT molecular complexity index is 1110. The van der Waals surface area contributed by atoms with Crippen LogP contribution in [-0.4, -0.2) is 5.43 Å². The van der Waals surface area contributed by atoms with Crippen LogP contribution in [0.4, 0.5) is 0 Å². The van der Waals surface area contributed by atoms with Gasteiger partial charge in [-0.15, -0.1) is 59.3 Å². The van der Waals surface area contributed by atoms with E-state index in [1.807, 2.05) is 0 Å². The van der Waals surface area contributed by atoms with Gasteiger partial charge in [-0.2, -0.15) is 17.2 Å². The summed E-state index contributed by atoms with van der Waals surface area (Å²) in [6.45, 7) is 15.8. The molecule has 4 heteroatoms. The second-order valence-corrected chi connectivity index (χ2v) is 18.2. The number of hydrogen-bond acceptors (Lipinski definition) is 0. The summed E-state index contributed by atoms with van der Waals surface area (Å²) in [7, 11) is 0. The predicted molar refractivity (Wildman–Crippen MR) is 160 cm³/mol. The number of halogens is 2. The maximum Gasteiger partial charge on any atom is -0.0279 e. The van der Waals surface area contributed by atoms with E-state index in [9.17, 15) is 0 Å². The maximum atomic E-state index is 3.63. The zero-order valence-electron chi connectivity index (χ0n) is 22.5. The van der Waals surface area contributed by atoms with Crippen LogP contribution in [0.3, 0.4) is 0 Å². The molecule has 0 heterocycles. The molecular formula is C31H42Cl2SiZr. The fourth-order valence-electron chi connectivity index (χ4n) is 4.61. The molecule has 0 aromatic heterocycles. The minimum Gasteiger partial charge on any atom is -0.165 e. The largest absolute Gasteiger partial charge is 0.165 e. The molecule has 0 spiro atoms. The Labute approximate surface area is 242 Å². The second-order valence-electron chi connectivity index (χ2n) is 8.86. The van der Waals surface area contributed by atoms with E-state index in [1.165, 1.54) is 52.3 Å². The molecule has 0 aliphatic heterocycles. The van der Waals surface area contributed by atoms with E-state index < -0.39 is 0 Å². The molecule has 188 valence electrons. The van der Waals surface area contributed by atoms with E-state index in [2.05, 4.69) is 114 Å². The molecule has 3 aromatic carbocycles.